The van der Waals surface area contributed by atoms with Gasteiger partial charge < -0.3 is 15.7 Å². The number of likely N-dealkylation sites (tertiary alicyclic amines) is 1. The summed E-state index contributed by atoms with van der Waals surface area (Å²) in [6.07, 6.45) is 0.442. The Labute approximate surface area is 112 Å². The van der Waals surface area contributed by atoms with E-state index in [0.717, 1.165) is 5.56 Å². The van der Waals surface area contributed by atoms with Gasteiger partial charge in [0.2, 0.25) is 5.91 Å². The smallest absolute Gasteiger partial charge is 0.326 e. The minimum absolute atomic E-state index is 0.0602. The lowest BCUT2D eigenvalue weighted by Crippen LogP contribution is -2.47. The summed E-state index contributed by atoms with van der Waals surface area (Å²) in [5, 5.41) is 9.24. The highest BCUT2D eigenvalue weighted by Gasteiger charge is 2.40. The summed E-state index contributed by atoms with van der Waals surface area (Å²) in [5.41, 5.74) is 6.64. The van der Waals surface area contributed by atoms with Gasteiger partial charge in [0.15, 0.2) is 0 Å². The van der Waals surface area contributed by atoms with Crippen LogP contribution in [0.1, 0.15) is 24.8 Å². The maximum Gasteiger partial charge on any atom is 0.326 e. The second-order valence-electron chi connectivity index (χ2n) is 4.98. The van der Waals surface area contributed by atoms with Crippen LogP contribution >= 0.6 is 0 Å². The van der Waals surface area contributed by atoms with E-state index < -0.39 is 18.1 Å². The maximum absolute atomic E-state index is 12.0. The highest BCUT2D eigenvalue weighted by atomic mass is 16.4. The zero-order valence-electron chi connectivity index (χ0n) is 10.8. The molecule has 0 spiro atoms. The van der Waals surface area contributed by atoms with E-state index in [4.69, 9.17) is 5.73 Å². The van der Waals surface area contributed by atoms with Crippen LogP contribution in [-0.4, -0.2) is 40.5 Å². The molecule has 1 fully saturated rings. The zero-order chi connectivity index (χ0) is 14.0. The van der Waals surface area contributed by atoms with Crippen molar-refractivity contribution < 1.29 is 14.7 Å². The molecule has 1 aromatic rings. The third-order valence-corrected chi connectivity index (χ3v) is 3.53. The van der Waals surface area contributed by atoms with Gasteiger partial charge in [-0.3, -0.25) is 4.79 Å². The lowest BCUT2D eigenvalue weighted by atomic mass is 9.96. The predicted molar refractivity (Wildman–Crippen MR) is 70.6 cm³/mol. The number of benzene rings is 1. The largest absolute Gasteiger partial charge is 0.480 e. The van der Waals surface area contributed by atoms with Gasteiger partial charge in [0.05, 0.1) is 6.04 Å². The molecule has 102 valence electrons. The van der Waals surface area contributed by atoms with Crippen LogP contribution in [0, 0.1) is 0 Å². The van der Waals surface area contributed by atoms with Crippen LogP contribution in [0.2, 0.25) is 0 Å². The first-order valence-electron chi connectivity index (χ1n) is 6.34. The Kier molecular flexibility index (Phi) is 3.85. The number of carboxylic acid groups (broad SMARTS) is 1. The van der Waals surface area contributed by atoms with Crippen molar-refractivity contribution in [3.63, 3.8) is 0 Å². The van der Waals surface area contributed by atoms with Crippen molar-refractivity contribution in [1.29, 1.82) is 0 Å². The Morgan fingerprint density at radius 3 is 2.53 bits per heavy atom. The Balaban J connectivity index is 2.21. The average molecular weight is 262 g/mol. The lowest BCUT2D eigenvalue weighted by molar-refractivity contribution is -0.148. The molecule has 5 nitrogen and oxygen atoms in total. The van der Waals surface area contributed by atoms with Gasteiger partial charge >= 0.3 is 5.97 Å². The molecular weight excluding hydrogens is 244 g/mol. The second-order valence-corrected chi connectivity index (χ2v) is 4.98. The van der Waals surface area contributed by atoms with Crippen molar-refractivity contribution in [2.75, 3.05) is 6.54 Å². The topological polar surface area (TPSA) is 83.6 Å². The van der Waals surface area contributed by atoms with Crippen molar-refractivity contribution in [2.24, 2.45) is 5.73 Å². The zero-order valence-corrected chi connectivity index (χ0v) is 10.8. The molecule has 0 saturated carbocycles. The summed E-state index contributed by atoms with van der Waals surface area (Å²) < 4.78 is 0. The average Bonchev–Trinajstić information content (AvgIpc) is 2.83. The summed E-state index contributed by atoms with van der Waals surface area (Å²) in [4.78, 5) is 24.6. The first-order valence-corrected chi connectivity index (χ1v) is 6.34. The highest BCUT2D eigenvalue weighted by molar-refractivity contribution is 5.87. The van der Waals surface area contributed by atoms with Crippen LogP contribution in [0.25, 0.3) is 0 Å². The Morgan fingerprint density at radius 1 is 1.37 bits per heavy atom. The van der Waals surface area contributed by atoms with Crippen LogP contribution in [0.5, 0.6) is 0 Å². The van der Waals surface area contributed by atoms with Gasteiger partial charge in [0.25, 0.3) is 0 Å². The lowest BCUT2D eigenvalue weighted by Gasteiger charge is -2.23. The number of carboxylic acids is 1. The van der Waals surface area contributed by atoms with Crippen LogP contribution in [-0.2, 0) is 9.59 Å². The van der Waals surface area contributed by atoms with Gasteiger partial charge in [-0.2, -0.15) is 0 Å². The fourth-order valence-corrected chi connectivity index (χ4v) is 2.54. The molecule has 1 aliphatic rings. The number of amides is 1. The molecule has 1 aromatic carbocycles. The van der Waals surface area contributed by atoms with E-state index in [0.29, 0.717) is 13.0 Å². The van der Waals surface area contributed by atoms with Gasteiger partial charge in [-0.15, -0.1) is 0 Å². The molecule has 3 atom stereocenters. The SMILES string of the molecule is C[C@H](N)C(=O)N1CC(c2ccccc2)C[C@H]1C(=O)O. The minimum atomic E-state index is -0.965. The van der Waals surface area contributed by atoms with E-state index in [1.54, 1.807) is 6.92 Å². The number of carbonyl (C=O) groups is 2. The number of hydrogen-bond acceptors (Lipinski definition) is 3. The summed E-state index contributed by atoms with van der Waals surface area (Å²) in [5.74, 6) is -1.21. The van der Waals surface area contributed by atoms with Crippen LogP contribution in [0.15, 0.2) is 30.3 Å². The normalized spacial score (nSPS) is 24.2. The first kappa shape index (κ1) is 13.5. The predicted octanol–water partition coefficient (Wildman–Crippen LogP) is 0.803. The third-order valence-electron chi connectivity index (χ3n) is 3.53. The van der Waals surface area contributed by atoms with Gasteiger partial charge in [-0.1, -0.05) is 30.3 Å². The molecule has 1 unspecified atom stereocenters. The number of carbonyl (C=O) groups excluding carboxylic acids is 1. The number of nitrogens with zero attached hydrogens (tertiary/aromatic N) is 1. The fraction of sp³-hybridized carbons (Fsp3) is 0.429. The van der Waals surface area contributed by atoms with Gasteiger partial charge in [-0.25, -0.2) is 4.79 Å². The van der Waals surface area contributed by atoms with Crippen molar-refractivity contribution >= 4 is 11.9 Å². The molecule has 3 N–H and O–H groups in total. The number of hydrogen-bond donors (Lipinski definition) is 2. The van der Waals surface area contributed by atoms with Gasteiger partial charge in [-0.05, 0) is 18.9 Å². The number of nitrogens with two attached hydrogens (primary N) is 1. The molecule has 1 aliphatic heterocycles. The molecule has 0 bridgehead atoms. The molecular formula is C14H18N2O3. The van der Waals surface area contributed by atoms with Gasteiger partial charge in [0, 0.05) is 12.5 Å². The van der Waals surface area contributed by atoms with E-state index in [1.165, 1.54) is 4.90 Å². The third kappa shape index (κ3) is 2.76. The molecule has 0 aliphatic carbocycles. The monoisotopic (exact) mass is 262 g/mol. The summed E-state index contributed by atoms with van der Waals surface area (Å²) in [7, 11) is 0. The molecule has 19 heavy (non-hydrogen) atoms. The Bertz CT molecular complexity index is 473. The number of aliphatic carboxylic acids is 1. The second kappa shape index (κ2) is 5.40. The van der Waals surface area contributed by atoms with E-state index in [1.807, 2.05) is 30.3 Å². The fourth-order valence-electron chi connectivity index (χ4n) is 2.54. The van der Waals surface area contributed by atoms with Crippen molar-refractivity contribution in [2.45, 2.75) is 31.3 Å². The number of rotatable bonds is 3. The van der Waals surface area contributed by atoms with Crippen molar-refractivity contribution in [1.82, 2.24) is 4.90 Å². The Morgan fingerprint density at radius 2 is 2.00 bits per heavy atom. The summed E-state index contributed by atoms with van der Waals surface area (Å²) in [6, 6.07) is 8.23. The van der Waals surface area contributed by atoms with Crippen LogP contribution < -0.4 is 5.73 Å². The molecule has 5 heteroatoms. The molecule has 1 heterocycles. The van der Waals surface area contributed by atoms with Crippen LogP contribution in [0.4, 0.5) is 0 Å². The molecule has 0 radical (unpaired) electrons. The minimum Gasteiger partial charge on any atom is -0.480 e. The highest BCUT2D eigenvalue weighted by Crippen LogP contribution is 2.32. The van der Waals surface area contributed by atoms with Crippen LogP contribution in [0.3, 0.4) is 0 Å². The van der Waals surface area contributed by atoms with E-state index in [-0.39, 0.29) is 11.8 Å². The molecule has 1 saturated heterocycles. The quantitative estimate of drug-likeness (QED) is 0.844. The molecule has 0 aromatic heterocycles. The summed E-state index contributed by atoms with van der Waals surface area (Å²) in [6.45, 7) is 2.00. The molecule has 1 amide bonds. The molecule has 2 rings (SSSR count). The first-order chi connectivity index (χ1) is 9.00. The van der Waals surface area contributed by atoms with E-state index in [2.05, 4.69) is 0 Å². The maximum atomic E-state index is 12.0. The standard InChI is InChI=1S/C14H18N2O3/c1-9(15)13(17)16-8-11(7-12(16)14(18)19)10-5-3-2-4-6-10/h2-6,9,11-12H,7-8,15H2,1H3,(H,18,19)/t9-,11?,12-/m0/s1. The van der Waals surface area contributed by atoms with Gasteiger partial charge in [0.1, 0.15) is 6.04 Å². The summed E-state index contributed by atoms with van der Waals surface area (Å²) >= 11 is 0. The Hall–Kier alpha value is -1.88. The van der Waals surface area contributed by atoms with E-state index in [9.17, 15) is 14.7 Å². The van der Waals surface area contributed by atoms with Crippen molar-refractivity contribution in [3.05, 3.63) is 35.9 Å². The van der Waals surface area contributed by atoms with Crippen molar-refractivity contribution in [3.8, 4) is 0 Å². The van der Waals surface area contributed by atoms with E-state index >= 15 is 0 Å².